The molecule has 0 amide bonds. The number of methoxy groups -OCH3 is 1. The highest BCUT2D eigenvalue weighted by molar-refractivity contribution is 9.10. The third-order valence-electron chi connectivity index (χ3n) is 2.52. The molecular weight excluding hydrogens is 296 g/mol. The number of hydrogen-bond donors (Lipinski definition) is 1. The number of aryl methyl sites for hydroxylation is 1. The average Bonchev–Trinajstić information content (AvgIpc) is 2.36. The van der Waals surface area contributed by atoms with Gasteiger partial charge in [0.2, 0.25) is 5.88 Å². The predicted molar refractivity (Wildman–Crippen MR) is 71.5 cm³/mol. The number of halogens is 1. The number of ether oxygens (including phenoxy) is 1. The van der Waals surface area contributed by atoms with Gasteiger partial charge < -0.3 is 9.84 Å². The van der Waals surface area contributed by atoms with E-state index in [9.17, 15) is 5.11 Å². The van der Waals surface area contributed by atoms with E-state index in [4.69, 9.17) is 4.74 Å². The maximum absolute atomic E-state index is 10.3. The number of aromatic nitrogens is 2. The molecule has 5 heteroatoms. The lowest BCUT2D eigenvalue weighted by Crippen LogP contribution is -2.06. The van der Waals surface area contributed by atoms with Crippen molar-refractivity contribution in [3.8, 4) is 5.88 Å². The molecule has 0 aliphatic rings. The van der Waals surface area contributed by atoms with Gasteiger partial charge in [-0.3, -0.25) is 4.98 Å². The molecule has 94 valence electrons. The molecule has 1 aromatic carbocycles. The minimum Gasteiger partial charge on any atom is -0.480 e. The Balaban J connectivity index is 2.44. The van der Waals surface area contributed by atoms with Crippen molar-refractivity contribution in [3.63, 3.8) is 0 Å². The van der Waals surface area contributed by atoms with Crippen molar-refractivity contribution >= 4 is 15.9 Å². The van der Waals surface area contributed by atoms with Crippen LogP contribution >= 0.6 is 15.9 Å². The summed E-state index contributed by atoms with van der Waals surface area (Å²) in [6.45, 7) is 1.97. The molecule has 1 atom stereocenters. The summed E-state index contributed by atoms with van der Waals surface area (Å²) in [4.78, 5) is 8.16. The lowest BCUT2D eigenvalue weighted by Gasteiger charge is -2.13. The fourth-order valence-electron chi connectivity index (χ4n) is 1.76. The van der Waals surface area contributed by atoms with Crippen LogP contribution in [0.4, 0.5) is 0 Å². The Hall–Kier alpha value is -1.46. The molecule has 2 aromatic rings. The molecule has 1 aromatic heterocycles. The Kier molecular flexibility index (Phi) is 3.93. The van der Waals surface area contributed by atoms with Crippen molar-refractivity contribution in [2.45, 2.75) is 13.0 Å². The minimum atomic E-state index is -0.857. The third kappa shape index (κ3) is 2.68. The molecule has 1 heterocycles. The van der Waals surface area contributed by atoms with Gasteiger partial charge in [0.25, 0.3) is 0 Å². The first kappa shape index (κ1) is 13.0. The molecule has 0 saturated heterocycles. The molecule has 0 saturated carbocycles. The van der Waals surface area contributed by atoms with Gasteiger partial charge in [0.15, 0.2) is 0 Å². The second-order valence-electron chi connectivity index (χ2n) is 3.92. The monoisotopic (exact) mass is 308 g/mol. The van der Waals surface area contributed by atoms with Gasteiger partial charge in [0.05, 0.1) is 7.11 Å². The van der Waals surface area contributed by atoms with Crippen LogP contribution in [0.25, 0.3) is 0 Å². The third-order valence-corrected chi connectivity index (χ3v) is 2.98. The van der Waals surface area contributed by atoms with Crippen molar-refractivity contribution in [3.05, 3.63) is 51.9 Å². The number of aliphatic hydroxyl groups is 1. The first-order valence-corrected chi connectivity index (χ1v) is 6.21. The Morgan fingerprint density at radius 1 is 1.22 bits per heavy atom. The van der Waals surface area contributed by atoms with Crippen LogP contribution in [0, 0.1) is 6.92 Å². The molecule has 1 unspecified atom stereocenters. The molecule has 1 N–H and O–H groups in total. The van der Waals surface area contributed by atoms with Gasteiger partial charge >= 0.3 is 0 Å². The summed E-state index contributed by atoms with van der Waals surface area (Å²) in [6.07, 6.45) is 2.21. The van der Waals surface area contributed by atoms with Crippen molar-refractivity contribution in [2.75, 3.05) is 7.11 Å². The van der Waals surface area contributed by atoms with Crippen molar-refractivity contribution < 1.29 is 9.84 Å². The molecule has 0 bridgehead atoms. The Morgan fingerprint density at radius 3 is 2.61 bits per heavy atom. The highest BCUT2D eigenvalue weighted by atomic mass is 79.9. The summed E-state index contributed by atoms with van der Waals surface area (Å²) in [5.41, 5.74) is 2.22. The summed E-state index contributed by atoms with van der Waals surface area (Å²) in [6, 6.07) is 5.74. The van der Waals surface area contributed by atoms with Crippen LogP contribution in [0.2, 0.25) is 0 Å². The van der Waals surface area contributed by atoms with Gasteiger partial charge in [-0.1, -0.05) is 22.0 Å². The van der Waals surface area contributed by atoms with E-state index in [0.717, 1.165) is 15.6 Å². The normalized spacial score (nSPS) is 12.2. The van der Waals surface area contributed by atoms with Gasteiger partial charge in [0.1, 0.15) is 11.8 Å². The van der Waals surface area contributed by atoms with Crippen LogP contribution in [-0.4, -0.2) is 22.2 Å². The van der Waals surface area contributed by atoms with Crippen molar-refractivity contribution in [2.24, 2.45) is 0 Å². The average molecular weight is 309 g/mol. The summed E-state index contributed by atoms with van der Waals surface area (Å²) in [5, 5.41) is 10.3. The second-order valence-corrected chi connectivity index (χ2v) is 4.83. The topological polar surface area (TPSA) is 55.2 Å². The van der Waals surface area contributed by atoms with Crippen molar-refractivity contribution in [1.29, 1.82) is 0 Å². The molecule has 0 radical (unpaired) electrons. The zero-order valence-electron chi connectivity index (χ0n) is 10.1. The molecule has 0 fully saturated rings. The zero-order chi connectivity index (χ0) is 13.1. The first-order chi connectivity index (χ1) is 8.61. The molecule has 18 heavy (non-hydrogen) atoms. The zero-order valence-corrected chi connectivity index (χ0v) is 11.7. The minimum absolute atomic E-state index is 0.336. The maximum atomic E-state index is 10.3. The van der Waals surface area contributed by atoms with E-state index in [1.165, 1.54) is 19.5 Å². The van der Waals surface area contributed by atoms with Gasteiger partial charge in [-0.05, 0) is 30.2 Å². The lowest BCUT2D eigenvalue weighted by molar-refractivity contribution is 0.207. The molecule has 0 aliphatic carbocycles. The van der Waals surface area contributed by atoms with Crippen LogP contribution in [-0.2, 0) is 0 Å². The van der Waals surface area contributed by atoms with Gasteiger partial charge in [-0.2, -0.15) is 0 Å². The van der Waals surface area contributed by atoms with Gasteiger partial charge in [0, 0.05) is 16.9 Å². The largest absolute Gasteiger partial charge is 0.480 e. The number of aliphatic hydroxyl groups excluding tert-OH is 1. The fourth-order valence-corrected chi connectivity index (χ4v) is 2.39. The van der Waals surface area contributed by atoms with E-state index >= 15 is 0 Å². The smallest absolute Gasteiger partial charge is 0.238 e. The highest BCUT2D eigenvalue weighted by Crippen LogP contribution is 2.28. The van der Waals surface area contributed by atoms with Crippen LogP contribution in [0.1, 0.15) is 22.9 Å². The number of benzene rings is 1. The van der Waals surface area contributed by atoms with Crippen molar-refractivity contribution in [1.82, 2.24) is 9.97 Å². The summed E-state index contributed by atoms with van der Waals surface area (Å²) < 4.78 is 6.02. The molecule has 2 rings (SSSR count). The van der Waals surface area contributed by atoms with Gasteiger partial charge in [-0.15, -0.1) is 0 Å². The van der Waals surface area contributed by atoms with E-state index in [1.807, 2.05) is 25.1 Å². The van der Waals surface area contributed by atoms with Crippen LogP contribution in [0.3, 0.4) is 0 Å². The molecule has 0 spiro atoms. The van der Waals surface area contributed by atoms with E-state index < -0.39 is 6.10 Å². The standard InChI is InChI=1S/C13H13BrN2O2/c1-8-5-9(7-10(14)6-8)12(17)11-13(18-2)16-4-3-15-11/h3-7,12,17H,1-2H3. The Bertz CT molecular complexity index is 540. The number of hydrogen-bond acceptors (Lipinski definition) is 4. The second kappa shape index (κ2) is 5.46. The number of rotatable bonds is 3. The SMILES string of the molecule is COc1nccnc1C(O)c1cc(C)cc(Br)c1. The van der Waals surface area contributed by atoms with Gasteiger partial charge in [-0.25, -0.2) is 4.98 Å². The summed E-state index contributed by atoms with van der Waals surface area (Å²) in [7, 11) is 1.51. The first-order valence-electron chi connectivity index (χ1n) is 5.42. The Morgan fingerprint density at radius 2 is 1.94 bits per heavy atom. The van der Waals surface area contributed by atoms with Crippen LogP contribution in [0.5, 0.6) is 5.88 Å². The van der Waals surface area contributed by atoms with E-state index in [1.54, 1.807) is 0 Å². The fraction of sp³-hybridized carbons (Fsp3) is 0.231. The summed E-state index contributed by atoms with van der Waals surface area (Å²) in [5.74, 6) is 0.336. The van der Waals surface area contributed by atoms with Crippen LogP contribution < -0.4 is 4.74 Å². The predicted octanol–water partition coefficient (Wildman–Crippen LogP) is 2.64. The maximum Gasteiger partial charge on any atom is 0.238 e. The Labute approximate surface area is 114 Å². The van der Waals surface area contributed by atoms with E-state index in [-0.39, 0.29) is 0 Å². The quantitative estimate of drug-likeness (QED) is 0.947. The molecule has 4 nitrogen and oxygen atoms in total. The lowest BCUT2D eigenvalue weighted by atomic mass is 10.0. The van der Waals surface area contributed by atoms with Crippen LogP contribution in [0.15, 0.2) is 35.1 Å². The molecule has 0 aliphatic heterocycles. The van der Waals surface area contributed by atoms with E-state index in [0.29, 0.717) is 11.6 Å². The summed E-state index contributed by atoms with van der Waals surface area (Å²) >= 11 is 3.41. The molecular formula is C13H13BrN2O2. The van der Waals surface area contributed by atoms with E-state index in [2.05, 4.69) is 25.9 Å². The highest BCUT2D eigenvalue weighted by Gasteiger charge is 2.18. The number of nitrogens with zero attached hydrogens (tertiary/aromatic N) is 2.